The highest BCUT2D eigenvalue weighted by atomic mass is 16.5. The summed E-state index contributed by atoms with van der Waals surface area (Å²) < 4.78 is 4.72. The largest absolute Gasteiger partial charge is 0.485 e. The van der Waals surface area contributed by atoms with Crippen molar-refractivity contribution in [3.8, 4) is 0 Å². The van der Waals surface area contributed by atoms with E-state index >= 15 is 0 Å². The van der Waals surface area contributed by atoms with Gasteiger partial charge in [-0.15, -0.1) is 0 Å². The highest BCUT2D eigenvalue weighted by Crippen LogP contribution is 1.81. The van der Waals surface area contributed by atoms with E-state index in [1.54, 1.807) is 6.26 Å². The first kappa shape index (κ1) is 3.68. The topological polar surface area (TPSA) is 23.3 Å². The SMILES string of the molecule is C1=COC[N]C1. The second kappa shape index (κ2) is 1.82. The lowest BCUT2D eigenvalue weighted by Gasteiger charge is -2.02. The predicted octanol–water partition coefficient (Wildman–Crippen LogP) is 0.0922. The molecule has 0 bridgehead atoms. The molecule has 1 heterocycles. The van der Waals surface area contributed by atoms with Crippen molar-refractivity contribution in [2.45, 2.75) is 0 Å². The van der Waals surface area contributed by atoms with Gasteiger partial charge in [0.25, 0.3) is 0 Å². The van der Waals surface area contributed by atoms with Crippen LogP contribution in [0.3, 0.4) is 0 Å². The van der Waals surface area contributed by atoms with E-state index in [1.165, 1.54) is 0 Å². The van der Waals surface area contributed by atoms with Crippen LogP contribution in [0.1, 0.15) is 0 Å². The molecular formula is C4H6NO. The quantitative estimate of drug-likeness (QED) is 0.408. The highest BCUT2D eigenvalue weighted by molar-refractivity contribution is 4.78. The molecule has 0 spiro atoms. The molecule has 2 heteroatoms. The van der Waals surface area contributed by atoms with Gasteiger partial charge in [-0.1, -0.05) is 0 Å². The molecule has 1 aliphatic heterocycles. The van der Waals surface area contributed by atoms with Crippen LogP contribution in [0.15, 0.2) is 12.3 Å². The van der Waals surface area contributed by atoms with Gasteiger partial charge in [0.1, 0.15) is 0 Å². The highest BCUT2D eigenvalue weighted by Gasteiger charge is 1.85. The Hall–Kier alpha value is -0.500. The molecule has 2 nitrogen and oxygen atoms in total. The van der Waals surface area contributed by atoms with Crippen molar-refractivity contribution < 1.29 is 4.74 Å². The molecule has 6 heavy (non-hydrogen) atoms. The first-order chi connectivity index (χ1) is 3.00. The third kappa shape index (κ3) is 0.723. The standard InChI is InChI=1S/C4H6NO/c1-2-5-4-6-3-1/h1,3H,2,4H2. The van der Waals surface area contributed by atoms with Crippen LogP contribution in [0.25, 0.3) is 0 Å². The van der Waals surface area contributed by atoms with Gasteiger partial charge in [0.15, 0.2) is 6.73 Å². The van der Waals surface area contributed by atoms with Crippen LogP contribution in [0.5, 0.6) is 0 Å². The van der Waals surface area contributed by atoms with Crippen LogP contribution in [-0.2, 0) is 4.74 Å². The van der Waals surface area contributed by atoms with Crippen LogP contribution in [0.2, 0.25) is 0 Å². The lowest BCUT2D eigenvalue weighted by Crippen LogP contribution is -2.11. The maximum absolute atomic E-state index is 4.72. The summed E-state index contributed by atoms with van der Waals surface area (Å²) in [6.45, 7) is 1.36. The van der Waals surface area contributed by atoms with Gasteiger partial charge >= 0.3 is 0 Å². The number of nitrogens with zero attached hydrogens (tertiary/aromatic N) is 1. The van der Waals surface area contributed by atoms with Crippen molar-refractivity contribution in [1.82, 2.24) is 5.32 Å². The molecular weight excluding hydrogens is 78.0 g/mol. The second-order valence-corrected chi connectivity index (χ2v) is 1.07. The molecule has 0 aliphatic carbocycles. The molecule has 0 N–H and O–H groups in total. The van der Waals surface area contributed by atoms with Crippen molar-refractivity contribution >= 4 is 0 Å². The minimum atomic E-state index is 0.538. The van der Waals surface area contributed by atoms with Gasteiger partial charge in [0.05, 0.1) is 6.26 Å². The summed E-state index contributed by atoms with van der Waals surface area (Å²) in [5.74, 6) is 0. The average Bonchev–Trinajstić information content (AvgIpc) is 1.72. The van der Waals surface area contributed by atoms with Gasteiger partial charge in [0, 0.05) is 6.54 Å². The Balaban J connectivity index is 2.26. The van der Waals surface area contributed by atoms with Gasteiger partial charge in [-0.3, -0.25) is 0 Å². The molecule has 33 valence electrons. The maximum Gasteiger partial charge on any atom is 0.154 e. The molecule has 1 radical (unpaired) electrons. The molecule has 0 aromatic heterocycles. The second-order valence-electron chi connectivity index (χ2n) is 1.07. The van der Waals surface area contributed by atoms with E-state index in [9.17, 15) is 0 Å². The number of hydrogen-bond donors (Lipinski definition) is 0. The monoisotopic (exact) mass is 84.0 g/mol. The first-order valence-electron chi connectivity index (χ1n) is 1.90. The van der Waals surface area contributed by atoms with E-state index in [2.05, 4.69) is 5.32 Å². The molecule has 0 saturated heterocycles. The molecule has 1 rings (SSSR count). The Bertz CT molecular complexity index is 52.6. The fourth-order valence-corrected chi connectivity index (χ4v) is 0.334. The maximum atomic E-state index is 4.72. The zero-order valence-electron chi connectivity index (χ0n) is 3.42. The minimum Gasteiger partial charge on any atom is -0.485 e. The van der Waals surface area contributed by atoms with Gasteiger partial charge in [-0.25, -0.2) is 0 Å². The van der Waals surface area contributed by atoms with Crippen molar-refractivity contribution in [2.75, 3.05) is 13.3 Å². The number of ether oxygens (including phenoxy) is 1. The van der Waals surface area contributed by atoms with E-state index in [0.717, 1.165) is 6.54 Å². The summed E-state index contributed by atoms with van der Waals surface area (Å²) in [5.41, 5.74) is 0. The Labute approximate surface area is 36.8 Å². The molecule has 0 atom stereocenters. The van der Waals surface area contributed by atoms with Crippen LogP contribution in [0, 0.1) is 0 Å². The summed E-state index contributed by atoms with van der Waals surface area (Å²) in [6, 6.07) is 0. The summed E-state index contributed by atoms with van der Waals surface area (Å²) in [6.07, 6.45) is 3.55. The third-order valence-corrected chi connectivity index (χ3v) is 0.593. The van der Waals surface area contributed by atoms with Crippen LogP contribution in [0.4, 0.5) is 0 Å². The van der Waals surface area contributed by atoms with E-state index in [4.69, 9.17) is 4.74 Å². The van der Waals surface area contributed by atoms with Gasteiger partial charge in [0.2, 0.25) is 0 Å². The Morgan fingerprint density at radius 1 is 1.67 bits per heavy atom. The van der Waals surface area contributed by atoms with Crippen molar-refractivity contribution in [3.05, 3.63) is 12.3 Å². The molecule has 0 amide bonds. The summed E-state index contributed by atoms with van der Waals surface area (Å²) >= 11 is 0. The zero-order chi connectivity index (χ0) is 4.24. The number of rotatable bonds is 0. The van der Waals surface area contributed by atoms with Crippen molar-refractivity contribution in [3.63, 3.8) is 0 Å². The van der Waals surface area contributed by atoms with Gasteiger partial charge < -0.3 is 4.74 Å². The Morgan fingerprint density at radius 2 is 2.67 bits per heavy atom. The summed E-state index contributed by atoms with van der Waals surface area (Å²) in [5, 5.41) is 3.87. The van der Waals surface area contributed by atoms with Gasteiger partial charge in [-0.05, 0) is 6.08 Å². The van der Waals surface area contributed by atoms with Crippen LogP contribution in [-0.4, -0.2) is 13.3 Å². The van der Waals surface area contributed by atoms with Crippen molar-refractivity contribution in [1.29, 1.82) is 0 Å². The Morgan fingerprint density at radius 3 is 2.83 bits per heavy atom. The summed E-state index contributed by atoms with van der Waals surface area (Å²) in [7, 11) is 0. The lowest BCUT2D eigenvalue weighted by atomic mass is 10.6. The third-order valence-electron chi connectivity index (χ3n) is 0.593. The smallest absolute Gasteiger partial charge is 0.154 e. The predicted molar refractivity (Wildman–Crippen MR) is 22.1 cm³/mol. The summed E-state index contributed by atoms with van der Waals surface area (Å²) in [4.78, 5) is 0. The van der Waals surface area contributed by atoms with E-state index in [0.29, 0.717) is 6.73 Å². The average molecular weight is 84.1 g/mol. The fourth-order valence-electron chi connectivity index (χ4n) is 0.334. The normalized spacial score (nSPS) is 20.0. The van der Waals surface area contributed by atoms with E-state index < -0.39 is 0 Å². The van der Waals surface area contributed by atoms with E-state index in [1.807, 2.05) is 6.08 Å². The molecule has 0 unspecified atom stereocenters. The zero-order valence-corrected chi connectivity index (χ0v) is 3.42. The molecule has 0 fully saturated rings. The molecule has 0 aromatic rings. The van der Waals surface area contributed by atoms with E-state index in [-0.39, 0.29) is 0 Å². The molecule has 0 saturated carbocycles. The van der Waals surface area contributed by atoms with Crippen molar-refractivity contribution in [2.24, 2.45) is 0 Å². The fraction of sp³-hybridized carbons (Fsp3) is 0.500. The Kier molecular flexibility index (Phi) is 1.12. The number of hydrogen-bond acceptors (Lipinski definition) is 1. The lowest BCUT2D eigenvalue weighted by molar-refractivity contribution is 0.208. The van der Waals surface area contributed by atoms with Crippen LogP contribution >= 0.6 is 0 Å². The molecule has 0 aromatic carbocycles. The minimum absolute atomic E-state index is 0.538. The van der Waals surface area contributed by atoms with Gasteiger partial charge in [-0.2, -0.15) is 5.32 Å². The van der Waals surface area contributed by atoms with Crippen LogP contribution < -0.4 is 5.32 Å². The first-order valence-corrected chi connectivity index (χ1v) is 1.90. The molecule has 1 aliphatic rings.